The molecule has 1 aromatic carbocycles. The molecule has 0 amide bonds. The second-order valence-electron chi connectivity index (χ2n) is 7.17. The molecule has 1 saturated heterocycles. The van der Waals surface area contributed by atoms with E-state index in [1.165, 1.54) is 11.1 Å². The molecule has 1 N–H and O–H groups in total. The van der Waals surface area contributed by atoms with E-state index < -0.39 is 0 Å². The second-order valence-corrected chi connectivity index (χ2v) is 7.17. The summed E-state index contributed by atoms with van der Waals surface area (Å²) >= 11 is 0. The highest BCUT2D eigenvalue weighted by Crippen LogP contribution is 2.28. The summed E-state index contributed by atoms with van der Waals surface area (Å²) in [5.74, 6) is 1.50. The summed E-state index contributed by atoms with van der Waals surface area (Å²) in [6, 6.07) is 8.87. The van der Waals surface area contributed by atoms with Gasteiger partial charge in [-0.2, -0.15) is 4.98 Å². The molecule has 0 bridgehead atoms. The van der Waals surface area contributed by atoms with Crippen LogP contribution in [0.15, 0.2) is 28.8 Å². The Balaban J connectivity index is 1.74. The summed E-state index contributed by atoms with van der Waals surface area (Å²) in [4.78, 5) is 6.93. The highest BCUT2D eigenvalue weighted by Gasteiger charge is 2.28. The number of rotatable bonds is 4. The molecule has 1 atom stereocenters. The zero-order valence-electron chi connectivity index (χ0n) is 14.5. The van der Waals surface area contributed by atoms with Crippen molar-refractivity contribution in [3.8, 4) is 0 Å². The third kappa shape index (κ3) is 3.62. The molecule has 124 valence electrons. The molecule has 23 heavy (non-hydrogen) atoms. The van der Waals surface area contributed by atoms with Crippen molar-refractivity contribution < 1.29 is 4.52 Å². The van der Waals surface area contributed by atoms with Crippen molar-refractivity contribution in [2.45, 2.75) is 38.6 Å². The van der Waals surface area contributed by atoms with Gasteiger partial charge in [-0.15, -0.1) is 0 Å². The first-order valence-electron chi connectivity index (χ1n) is 8.26. The average molecular weight is 314 g/mol. The second kappa shape index (κ2) is 6.42. The van der Waals surface area contributed by atoms with Crippen molar-refractivity contribution in [3.05, 3.63) is 47.1 Å². The van der Waals surface area contributed by atoms with Crippen LogP contribution in [0.2, 0.25) is 0 Å². The topological polar surface area (TPSA) is 54.2 Å². The van der Waals surface area contributed by atoms with E-state index in [0.29, 0.717) is 5.89 Å². The first kappa shape index (κ1) is 16.1. The number of benzene rings is 1. The molecular formula is C18H26N4O. The van der Waals surface area contributed by atoms with Gasteiger partial charge in [-0.3, -0.25) is 4.90 Å². The predicted octanol–water partition coefficient (Wildman–Crippen LogP) is 2.47. The maximum Gasteiger partial charge on any atom is 0.227 e. The molecule has 5 nitrogen and oxygen atoms in total. The lowest BCUT2D eigenvalue weighted by atomic mass is 9.81. The molecule has 2 aromatic rings. The maximum atomic E-state index is 5.53. The highest BCUT2D eigenvalue weighted by molar-refractivity contribution is 5.28. The minimum absolute atomic E-state index is 0.0335. The van der Waals surface area contributed by atoms with Crippen molar-refractivity contribution in [2.24, 2.45) is 0 Å². The van der Waals surface area contributed by atoms with E-state index in [4.69, 9.17) is 4.52 Å². The van der Waals surface area contributed by atoms with Crippen LogP contribution in [0.3, 0.4) is 0 Å². The average Bonchev–Trinajstić information content (AvgIpc) is 2.95. The zero-order chi connectivity index (χ0) is 16.4. The van der Waals surface area contributed by atoms with Gasteiger partial charge in [-0.05, 0) is 24.9 Å². The fourth-order valence-electron chi connectivity index (χ4n) is 3.05. The lowest BCUT2D eigenvalue weighted by Gasteiger charge is -2.30. The van der Waals surface area contributed by atoms with Crippen molar-refractivity contribution in [2.75, 3.05) is 26.7 Å². The van der Waals surface area contributed by atoms with Crippen LogP contribution < -0.4 is 5.32 Å². The minimum Gasteiger partial charge on any atom is -0.339 e. The van der Waals surface area contributed by atoms with E-state index in [-0.39, 0.29) is 11.5 Å². The van der Waals surface area contributed by atoms with Gasteiger partial charge in [-0.25, -0.2) is 0 Å². The van der Waals surface area contributed by atoms with Gasteiger partial charge in [0, 0.05) is 26.1 Å². The number of hydrogen-bond donors (Lipinski definition) is 1. The number of likely N-dealkylation sites (N-methyl/N-ethyl adjacent to an activating group) is 1. The number of aryl methyl sites for hydroxylation is 1. The standard InChI is InChI=1S/C18H26N4O/c1-13-5-7-14(8-6-13)18(2,3)11-16-20-17(21-23-16)15-12-19-9-10-22(15)4/h5-8,15,19H,9-12H2,1-4H3. The van der Waals surface area contributed by atoms with Crippen LogP contribution in [-0.4, -0.2) is 41.7 Å². The van der Waals surface area contributed by atoms with Gasteiger partial charge in [0.25, 0.3) is 0 Å². The molecule has 1 aliphatic heterocycles. The number of hydrogen-bond acceptors (Lipinski definition) is 5. The van der Waals surface area contributed by atoms with Gasteiger partial charge >= 0.3 is 0 Å². The van der Waals surface area contributed by atoms with Gasteiger partial charge in [-0.1, -0.05) is 48.8 Å². The first-order valence-corrected chi connectivity index (χ1v) is 8.26. The van der Waals surface area contributed by atoms with Gasteiger partial charge in [0.1, 0.15) is 0 Å². The van der Waals surface area contributed by atoms with E-state index in [9.17, 15) is 0 Å². The van der Waals surface area contributed by atoms with Gasteiger partial charge in [0.15, 0.2) is 5.82 Å². The number of aromatic nitrogens is 2. The summed E-state index contributed by atoms with van der Waals surface area (Å²) in [6.07, 6.45) is 0.743. The predicted molar refractivity (Wildman–Crippen MR) is 90.4 cm³/mol. The van der Waals surface area contributed by atoms with E-state index in [0.717, 1.165) is 31.9 Å². The normalized spacial score (nSPS) is 19.9. The fourth-order valence-corrected chi connectivity index (χ4v) is 3.05. The summed E-state index contributed by atoms with van der Waals surface area (Å²) in [5, 5.41) is 7.60. The van der Waals surface area contributed by atoms with Crippen LogP contribution in [0.5, 0.6) is 0 Å². The van der Waals surface area contributed by atoms with Crippen LogP contribution in [0.1, 0.15) is 42.7 Å². The molecule has 0 aliphatic carbocycles. The van der Waals surface area contributed by atoms with E-state index in [1.54, 1.807) is 0 Å². The van der Waals surface area contributed by atoms with E-state index in [1.807, 2.05) is 0 Å². The van der Waals surface area contributed by atoms with Crippen molar-refractivity contribution >= 4 is 0 Å². The molecule has 0 radical (unpaired) electrons. The Kier molecular flexibility index (Phi) is 4.50. The SMILES string of the molecule is Cc1ccc(C(C)(C)Cc2nc(C3CNCCN3C)no2)cc1. The lowest BCUT2D eigenvalue weighted by molar-refractivity contribution is 0.190. The Morgan fingerprint density at radius 3 is 2.74 bits per heavy atom. The third-order valence-corrected chi connectivity index (χ3v) is 4.72. The maximum absolute atomic E-state index is 5.53. The smallest absolute Gasteiger partial charge is 0.227 e. The first-order chi connectivity index (χ1) is 11.0. The summed E-state index contributed by atoms with van der Waals surface area (Å²) in [5.41, 5.74) is 2.53. The molecule has 1 aromatic heterocycles. The van der Waals surface area contributed by atoms with Crippen LogP contribution in [0, 0.1) is 6.92 Å². The molecule has 0 saturated carbocycles. The number of nitrogens with one attached hydrogen (secondary N) is 1. The molecule has 1 unspecified atom stereocenters. The van der Waals surface area contributed by atoms with Crippen LogP contribution in [0.25, 0.3) is 0 Å². The van der Waals surface area contributed by atoms with E-state index >= 15 is 0 Å². The number of nitrogens with zero attached hydrogens (tertiary/aromatic N) is 3. The van der Waals surface area contributed by atoms with Gasteiger partial charge in [0.2, 0.25) is 5.89 Å². The summed E-state index contributed by atoms with van der Waals surface area (Å²) in [7, 11) is 2.11. The Labute approximate surface area is 138 Å². The molecular weight excluding hydrogens is 288 g/mol. The Hall–Kier alpha value is -1.72. The molecule has 1 fully saturated rings. The highest BCUT2D eigenvalue weighted by atomic mass is 16.5. The van der Waals surface area contributed by atoms with Gasteiger partial charge in [0.05, 0.1) is 6.04 Å². The van der Waals surface area contributed by atoms with Crippen LogP contribution in [0.4, 0.5) is 0 Å². The van der Waals surface area contributed by atoms with Gasteiger partial charge < -0.3 is 9.84 Å². The molecule has 0 spiro atoms. The summed E-state index contributed by atoms with van der Waals surface area (Å²) in [6.45, 7) is 9.43. The monoisotopic (exact) mass is 314 g/mol. The lowest BCUT2D eigenvalue weighted by Crippen LogP contribution is -2.44. The quantitative estimate of drug-likeness (QED) is 0.939. The third-order valence-electron chi connectivity index (χ3n) is 4.72. The number of piperazine rings is 1. The molecule has 1 aliphatic rings. The Morgan fingerprint density at radius 1 is 1.30 bits per heavy atom. The Morgan fingerprint density at radius 2 is 2.04 bits per heavy atom. The molecule has 2 heterocycles. The Bertz CT molecular complexity index is 647. The van der Waals surface area contributed by atoms with Crippen LogP contribution >= 0.6 is 0 Å². The minimum atomic E-state index is -0.0335. The zero-order valence-corrected chi connectivity index (χ0v) is 14.5. The van der Waals surface area contributed by atoms with E-state index in [2.05, 4.69) is 72.4 Å². The molecule has 3 rings (SSSR count). The largest absolute Gasteiger partial charge is 0.339 e. The van der Waals surface area contributed by atoms with Crippen molar-refractivity contribution in [1.82, 2.24) is 20.4 Å². The van der Waals surface area contributed by atoms with Crippen molar-refractivity contribution in [1.29, 1.82) is 0 Å². The van der Waals surface area contributed by atoms with Crippen LogP contribution in [-0.2, 0) is 11.8 Å². The fraction of sp³-hybridized carbons (Fsp3) is 0.556. The van der Waals surface area contributed by atoms with Crippen molar-refractivity contribution in [3.63, 3.8) is 0 Å². The molecule has 5 heteroatoms. The summed E-state index contributed by atoms with van der Waals surface area (Å²) < 4.78 is 5.53.